The minimum absolute atomic E-state index is 0.118. The maximum atomic E-state index is 10.2. The number of anilines is 2. The quantitative estimate of drug-likeness (QED) is 0.260. The molecule has 0 aliphatic carbocycles. The van der Waals surface area contributed by atoms with Crippen molar-refractivity contribution in [2.24, 2.45) is 5.10 Å². The van der Waals surface area contributed by atoms with E-state index in [2.05, 4.69) is 41.4 Å². The molecule has 4 heterocycles. The molecule has 6 N–H and O–H groups in total. The first-order valence-electron chi connectivity index (χ1n) is 8.13. The summed E-state index contributed by atoms with van der Waals surface area (Å²) in [6.07, 6.45) is -1.40. The van der Waals surface area contributed by atoms with Crippen molar-refractivity contribution in [2.45, 2.75) is 24.5 Å². The number of hydrogen-bond acceptors (Lipinski definition) is 11. The topological polar surface area (TPSA) is 164 Å². The predicted octanol–water partition coefficient (Wildman–Crippen LogP) is 0.290. The Labute approximate surface area is 170 Å². The molecule has 11 nitrogen and oxygen atoms in total. The second kappa shape index (κ2) is 7.69. The highest BCUT2D eigenvalue weighted by Crippen LogP contribution is 2.32. The third-order valence-electron chi connectivity index (χ3n) is 4.18. The normalized spacial score (nSPS) is 25.1. The molecule has 0 aromatic carbocycles. The van der Waals surface area contributed by atoms with Crippen LogP contribution in [-0.4, -0.2) is 66.0 Å². The first kappa shape index (κ1) is 19.2. The van der Waals surface area contributed by atoms with E-state index in [4.69, 9.17) is 10.5 Å². The van der Waals surface area contributed by atoms with Crippen LogP contribution in [-0.2, 0) is 4.74 Å². The number of nitrogens with two attached hydrogens (primary N) is 1. The number of rotatable bonds is 5. The number of aliphatic hydroxyl groups excluding tert-OH is 3. The number of hydrazone groups is 1. The van der Waals surface area contributed by atoms with E-state index >= 15 is 0 Å². The van der Waals surface area contributed by atoms with Crippen LogP contribution in [0.5, 0.6) is 0 Å². The molecule has 1 saturated heterocycles. The van der Waals surface area contributed by atoms with Crippen molar-refractivity contribution in [1.82, 2.24) is 19.5 Å². The molecular formula is C15H16BrN7O4S. The van der Waals surface area contributed by atoms with E-state index < -0.39 is 31.1 Å². The molecule has 0 radical (unpaired) electrons. The molecule has 148 valence electrons. The largest absolute Gasteiger partial charge is 0.394 e. The first-order valence-corrected chi connectivity index (χ1v) is 9.81. The number of halogens is 1. The van der Waals surface area contributed by atoms with Crippen molar-refractivity contribution >= 4 is 56.4 Å². The summed E-state index contributed by atoms with van der Waals surface area (Å²) in [6, 6.07) is 1.91. The van der Waals surface area contributed by atoms with Gasteiger partial charge in [0.05, 0.1) is 19.1 Å². The van der Waals surface area contributed by atoms with Gasteiger partial charge in [-0.3, -0.25) is 4.57 Å². The Kier molecular flexibility index (Phi) is 5.27. The SMILES string of the molecule is Nc1nc(N/N=C/c2cc(Br)cs2)nc2c1ncn2C1O[C@H](CO)[C@@H](O)[C@H]1O. The maximum Gasteiger partial charge on any atom is 0.247 e. The van der Waals surface area contributed by atoms with Crippen LogP contribution < -0.4 is 11.2 Å². The zero-order chi connectivity index (χ0) is 19.8. The standard InChI is InChI=1S/C15H16BrN7O4S/c16-6-1-7(28-4-6)2-19-22-15-20-12(17)9-13(21-15)23(5-18-9)14-11(26)10(25)8(3-24)27-14/h1-2,4-5,8,10-11,14,24-26H,3H2,(H3,17,20,21,22)/b19-2+/t8-,10-,11-,14?/m1/s1. The Bertz CT molecular complexity index is 1030. The molecular weight excluding hydrogens is 454 g/mol. The van der Waals surface area contributed by atoms with Crippen LogP contribution in [0.4, 0.5) is 11.8 Å². The lowest BCUT2D eigenvalue weighted by atomic mass is 10.1. The lowest BCUT2D eigenvalue weighted by Gasteiger charge is -2.16. The van der Waals surface area contributed by atoms with Crippen LogP contribution in [0.15, 0.2) is 27.3 Å². The summed E-state index contributed by atoms with van der Waals surface area (Å²) < 4.78 is 7.92. The van der Waals surface area contributed by atoms with Crippen LogP contribution in [0.25, 0.3) is 11.2 Å². The Hall–Kier alpha value is -2.16. The van der Waals surface area contributed by atoms with Crippen LogP contribution in [0.3, 0.4) is 0 Å². The lowest BCUT2D eigenvalue weighted by Crippen LogP contribution is -2.33. The molecule has 13 heteroatoms. The number of aliphatic hydroxyl groups is 3. The number of nitrogen functional groups attached to an aromatic ring is 1. The monoisotopic (exact) mass is 469 g/mol. The van der Waals surface area contributed by atoms with Gasteiger partial charge >= 0.3 is 0 Å². The molecule has 4 atom stereocenters. The average molecular weight is 470 g/mol. The summed E-state index contributed by atoms with van der Waals surface area (Å²) in [5.74, 6) is 0.248. The summed E-state index contributed by atoms with van der Waals surface area (Å²) in [5.41, 5.74) is 9.27. The van der Waals surface area contributed by atoms with Gasteiger partial charge in [-0.1, -0.05) is 0 Å². The van der Waals surface area contributed by atoms with Gasteiger partial charge in [-0.25, -0.2) is 10.4 Å². The highest BCUT2D eigenvalue weighted by Gasteiger charge is 2.44. The fraction of sp³-hybridized carbons (Fsp3) is 0.333. The van der Waals surface area contributed by atoms with Gasteiger partial charge in [0.1, 0.15) is 23.8 Å². The smallest absolute Gasteiger partial charge is 0.247 e. The Morgan fingerprint density at radius 2 is 2.21 bits per heavy atom. The fourth-order valence-corrected chi connectivity index (χ4v) is 4.14. The lowest BCUT2D eigenvalue weighted by molar-refractivity contribution is -0.0511. The van der Waals surface area contributed by atoms with Crippen molar-refractivity contribution in [2.75, 3.05) is 17.8 Å². The van der Waals surface area contributed by atoms with E-state index in [-0.39, 0.29) is 11.8 Å². The molecule has 0 amide bonds. The summed E-state index contributed by atoms with van der Waals surface area (Å²) in [4.78, 5) is 13.5. The van der Waals surface area contributed by atoms with E-state index in [0.29, 0.717) is 11.2 Å². The zero-order valence-electron chi connectivity index (χ0n) is 14.2. The van der Waals surface area contributed by atoms with Gasteiger partial charge in [-0.2, -0.15) is 15.1 Å². The van der Waals surface area contributed by atoms with E-state index in [0.717, 1.165) is 9.35 Å². The van der Waals surface area contributed by atoms with Gasteiger partial charge in [0.2, 0.25) is 5.95 Å². The number of imidazole rings is 1. The molecule has 1 aliphatic heterocycles. The summed E-state index contributed by atoms with van der Waals surface area (Å²) in [7, 11) is 0. The number of nitrogens with one attached hydrogen (secondary N) is 1. The molecule has 28 heavy (non-hydrogen) atoms. The second-order valence-electron chi connectivity index (χ2n) is 6.02. The van der Waals surface area contributed by atoms with Crippen LogP contribution in [0, 0.1) is 0 Å². The van der Waals surface area contributed by atoms with Crippen molar-refractivity contribution in [3.8, 4) is 0 Å². The molecule has 3 aromatic rings. The minimum atomic E-state index is -1.27. The number of ether oxygens (including phenoxy) is 1. The summed E-state index contributed by atoms with van der Waals surface area (Å²) in [6.45, 7) is -0.432. The Morgan fingerprint density at radius 3 is 2.89 bits per heavy atom. The molecule has 4 rings (SSSR count). The molecule has 0 saturated carbocycles. The van der Waals surface area contributed by atoms with Crippen LogP contribution in [0.2, 0.25) is 0 Å². The molecule has 3 aromatic heterocycles. The zero-order valence-corrected chi connectivity index (χ0v) is 16.6. The predicted molar refractivity (Wildman–Crippen MR) is 106 cm³/mol. The second-order valence-corrected chi connectivity index (χ2v) is 7.88. The summed E-state index contributed by atoms with van der Waals surface area (Å²) in [5, 5.41) is 35.5. The fourth-order valence-electron chi connectivity index (χ4n) is 2.83. The molecule has 0 spiro atoms. The molecule has 1 aliphatic rings. The highest BCUT2D eigenvalue weighted by atomic mass is 79.9. The summed E-state index contributed by atoms with van der Waals surface area (Å²) >= 11 is 4.88. The van der Waals surface area contributed by atoms with E-state index in [1.54, 1.807) is 6.21 Å². The number of nitrogens with zero attached hydrogens (tertiary/aromatic N) is 5. The number of fused-ring (bicyclic) bond motifs is 1. The van der Waals surface area contributed by atoms with Crippen molar-refractivity contribution < 1.29 is 20.1 Å². The molecule has 0 bridgehead atoms. The highest BCUT2D eigenvalue weighted by molar-refractivity contribution is 9.10. The average Bonchev–Trinajstić information content (AvgIpc) is 3.35. The van der Waals surface area contributed by atoms with Crippen molar-refractivity contribution in [1.29, 1.82) is 0 Å². The third-order valence-corrected chi connectivity index (χ3v) is 5.81. The number of aromatic nitrogens is 4. The van der Waals surface area contributed by atoms with E-state index in [1.165, 1.54) is 22.2 Å². The minimum Gasteiger partial charge on any atom is -0.394 e. The molecule has 1 fully saturated rings. The van der Waals surface area contributed by atoms with E-state index in [9.17, 15) is 15.3 Å². The van der Waals surface area contributed by atoms with Crippen LogP contribution >= 0.6 is 27.3 Å². The van der Waals surface area contributed by atoms with Gasteiger partial charge in [-0.05, 0) is 22.0 Å². The number of thiophene rings is 1. The van der Waals surface area contributed by atoms with Gasteiger partial charge < -0.3 is 25.8 Å². The first-order chi connectivity index (χ1) is 13.5. The van der Waals surface area contributed by atoms with Gasteiger partial charge in [-0.15, -0.1) is 11.3 Å². The van der Waals surface area contributed by atoms with E-state index in [1.807, 2.05) is 11.4 Å². The van der Waals surface area contributed by atoms with Gasteiger partial charge in [0, 0.05) is 14.7 Å². The Morgan fingerprint density at radius 1 is 1.39 bits per heavy atom. The van der Waals surface area contributed by atoms with Crippen molar-refractivity contribution in [3.63, 3.8) is 0 Å². The van der Waals surface area contributed by atoms with Gasteiger partial charge in [0.15, 0.2) is 17.7 Å². The van der Waals surface area contributed by atoms with Crippen molar-refractivity contribution in [3.05, 3.63) is 27.1 Å². The Balaban J connectivity index is 1.62. The van der Waals surface area contributed by atoms with Gasteiger partial charge in [0.25, 0.3) is 0 Å². The number of hydrogen-bond donors (Lipinski definition) is 5. The maximum absolute atomic E-state index is 10.2. The molecule has 1 unspecified atom stereocenters. The third kappa shape index (κ3) is 3.47. The van der Waals surface area contributed by atoms with Crippen LogP contribution in [0.1, 0.15) is 11.1 Å².